The van der Waals surface area contributed by atoms with E-state index in [1.165, 1.54) is 5.56 Å². The molecule has 2 amide bonds. The summed E-state index contributed by atoms with van der Waals surface area (Å²) in [6.45, 7) is 3.45. The number of carbonyl (C=O) groups is 1. The van der Waals surface area contributed by atoms with Gasteiger partial charge in [-0.25, -0.2) is 4.79 Å². The summed E-state index contributed by atoms with van der Waals surface area (Å²) < 4.78 is 1.66. The fourth-order valence-corrected chi connectivity index (χ4v) is 3.16. The lowest BCUT2D eigenvalue weighted by atomic mass is 10.1. The standard InChI is InChI=1S/C17H24N6O/c1-21(11-14-4-3-7-18-10-14)12-15-6-9-23(13-15)17(24)20-16-5-8-19-22(16)2/h3-5,7-8,10,15H,6,9,11-13H2,1-2H3,(H,20,24)/t15-/m1/s1. The van der Waals surface area contributed by atoms with Crippen molar-refractivity contribution in [3.8, 4) is 0 Å². The number of anilines is 1. The molecule has 1 fully saturated rings. The number of carbonyl (C=O) groups excluding carboxylic acids is 1. The number of amides is 2. The molecule has 3 rings (SSSR count). The summed E-state index contributed by atoms with van der Waals surface area (Å²) >= 11 is 0. The average molecular weight is 328 g/mol. The number of nitrogens with one attached hydrogen (secondary N) is 1. The Kier molecular flexibility index (Phi) is 5.10. The van der Waals surface area contributed by atoms with Crippen molar-refractivity contribution in [1.82, 2.24) is 24.6 Å². The molecule has 1 aliphatic heterocycles. The van der Waals surface area contributed by atoms with Gasteiger partial charge in [-0.15, -0.1) is 0 Å². The van der Waals surface area contributed by atoms with Crippen molar-refractivity contribution in [2.75, 3.05) is 32.0 Å². The number of likely N-dealkylation sites (tertiary alicyclic amines) is 1. The number of urea groups is 1. The third kappa shape index (κ3) is 4.11. The highest BCUT2D eigenvalue weighted by Crippen LogP contribution is 2.19. The Bertz CT molecular complexity index is 671. The molecule has 0 unspecified atom stereocenters. The Hall–Kier alpha value is -2.41. The fourth-order valence-electron chi connectivity index (χ4n) is 3.16. The van der Waals surface area contributed by atoms with Gasteiger partial charge in [0.25, 0.3) is 0 Å². The Morgan fingerprint density at radius 2 is 2.29 bits per heavy atom. The van der Waals surface area contributed by atoms with Crippen LogP contribution < -0.4 is 5.32 Å². The van der Waals surface area contributed by atoms with E-state index < -0.39 is 0 Å². The lowest BCUT2D eigenvalue weighted by Gasteiger charge is -2.21. The molecule has 0 aliphatic carbocycles. The Morgan fingerprint density at radius 1 is 1.42 bits per heavy atom. The summed E-state index contributed by atoms with van der Waals surface area (Å²) in [4.78, 5) is 20.7. The minimum Gasteiger partial charge on any atom is -0.324 e. The van der Waals surface area contributed by atoms with Gasteiger partial charge in [-0.3, -0.25) is 15.0 Å². The Balaban J connectivity index is 1.46. The molecule has 24 heavy (non-hydrogen) atoms. The molecule has 7 heteroatoms. The van der Waals surface area contributed by atoms with E-state index in [9.17, 15) is 4.79 Å². The molecule has 3 heterocycles. The van der Waals surface area contributed by atoms with Crippen LogP contribution in [0.3, 0.4) is 0 Å². The molecule has 0 aromatic carbocycles. The molecule has 128 valence electrons. The largest absolute Gasteiger partial charge is 0.324 e. The lowest BCUT2D eigenvalue weighted by Crippen LogP contribution is -2.35. The molecular weight excluding hydrogens is 304 g/mol. The molecule has 1 atom stereocenters. The highest BCUT2D eigenvalue weighted by atomic mass is 16.2. The van der Waals surface area contributed by atoms with E-state index in [0.29, 0.717) is 5.92 Å². The highest BCUT2D eigenvalue weighted by Gasteiger charge is 2.27. The normalized spacial score (nSPS) is 17.5. The van der Waals surface area contributed by atoms with Crippen molar-refractivity contribution in [2.24, 2.45) is 13.0 Å². The number of rotatable bonds is 5. The second-order valence-corrected chi connectivity index (χ2v) is 6.43. The lowest BCUT2D eigenvalue weighted by molar-refractivity contribution is 0.216. The number of aryl methyl sites for hydroxylation is 1. The Morgan fingerprint density at radius 3 is 3.00 bits per heavy atom. The van der Waals surface area contributed by atoms with E-state index in [4.69, 9.17) is 0 Å². The van der Waals surface area contributed by atoms with Crippen molar-refractivity contribution in [3.63, 3.8) is 0 Å². The maximum Gasteiger partial charge on any atom is 0.323 e. The first-order valence-electron chi connectivity index (χ1n) is 8.23. The zero-order valence-electron chi connectivity index (χ0n) is 14.2. The van der Waals surface area contributed by atoms with Crippen LogP contribution in [0.25, 0.3) is 0 Å². The van der Waals surface area contributed by atoms with Gasteiger partial charge >= 0.3 is 6.03 Å². The van der Waals surface area contributed by atoms with E-state index in [-0.39, 0.29) is 6.03 Å². The van der Waals surface area contributed by atoms with Crippen LogP contribution in [0.1, 0.15) is 12.0 Å². The van der Waals surface area contributed by atoms with E-state index in [1.807, 2.05) is 24.2 Å². The maximum atomic E-state index is 12.3. The predicted molar refractivity (Wildman–Crippen MR) is 92.5 cm³/mol. The summed E-state index contributed by atoms with van der Waals surface area (Å²) in [5, 5.41) is 6.97. The molecule has 0 radical (unpaired) electrons. The number of pyridine rings is 1. The van der Waals surface area contributed by atoms with Crippen molar-refractivity contribution < 1.29 is 4.79 Å². The van der Waals surface area contributed by atoms with Crippen LogP contribution in [0.2, 0.25) is 0 Å². The predicted octanol–water partition coefficient (Wildman–Crippen LogP) is 1.80. The van der Waals surface area contributed by atoms with Crippen LogP contribution in [0.5, 0.6) is 0 Å². The van der Waals surface area contributed by atoms with Gasteiger partial charge < -0.3 is 9.80 Å². The summed E-state index contributed by atoms with van der Waals surface area (Å²) in [5.41, 5.74) is 1.21. The van der Waals surface area contributed by atoms with Crippen molar-refractivity contribution in [1.29, 1.82) is 0 Å². The van der Waals surface area contributed by atoms with Gasteiger partial charge in [0.05, 0.1) is 6.20 Å². The smallest absolute Gasteiger partial charge is 0.323 e. The number of hydrogen-bond acceptors (Lipinski definition) is 4. The van der Waals surface area contributed by atoms with E-state index in [1.54, 1.807) is 23.1 Å². The molecule has 1 N–H and O–H groups in total. The maximum absolute atomic E-state index is 12.3. The highest BCUT2D eigenvalue weighted by molar-refractivity contribution is 5.88. The third-order valence-corrected chi connectivity index (χ3v) is 4.37. The summed E-state index contributed by atoms with van der Waals surface area (Å²) in [6.07, 6.45) is 6.41. The van der Waals surface area contributed by atoms with Crippen LogP contribution in [0.15, 0.2) is 36.8 Å². The van der Waals surface area contributed by atoms with Gasteiger partial charge in [-0.1, -0.05) is 6.07 Å². The zero-order valence-corrected chi connectivity index (χ0v) is 14.2. The van der Waals surface area contributed by atoms with Crippen LogP contribution in [-0.4, -0.2) is 57.3 Å². The van der Waals surface area contributed by atoms with Gasteiger partial charge in [0.2, 0.25) is 0 Å². The van der Waals surface area contributed by atoms with Gasteiger partial charge in [-0.2, -0.15) is 5.10 Å². The minimum atomic E-state index is -0.0454. The van der Waals surface area contributed by atoms with Crippen LogP contribution in [0.4, 0.5) is 10.6 Å². The first-order valence-corrected chi connectivity index (χ1v) is 8.23. The van der Waals surface area contributed by atoms with Crippen LogP contribution in [0, 0.1) is 5.92 Å². The van der Waals surface area contributed by atoms with E-state index in [2.05, 4.69) is 33.4 Å². The van der Waals surface area contributed by atoms with E-state index >= 15 is 0 Å². The molecule has 7 nitrogen and oxygen atoms in total. The fraction of sp³-hybridized carbons (Fsp3) is 0.471. The molecule has 1 aliphatic rings. The first kappa shape index (κ1) is 16.4. The van der Waals surface area contributed by atoms with Crippen LogP contribution in [-0.2, 0) is 13.6 Å². The quantitative estimate of drug-likeness (QED) is 0.909. The topological polar surface area (TPSA) is 66.3 Å². The number of aromatic nitrogens is 3. The summed E-state index contributed by atoms with van der Waals surface area (Å²) in [7, 11) is 3.93. The van der Waals surface area contributed by atoms with E-state index in [0.717, 1.165) is 38.4 Å². The first-order chi connectivity index (χ1) is 11.6. The zero-order chi connectivity index (χ0) is 16.9. The number of hydrogen-bond donors (Lipinski definition) is 1. The molecule has 0 saturated carbocycles. The third-order valence-electron chi connectivity index (χ3n) is 4.37. The van der Waals surface area contributed by atoms with Gasteiger partial charge in [0.1, 0.15) is 5.82 Å². The van der Waals surface area contributed by atoms with Gasteiger partial charge in [-0.05, 0) is 31.0 Å². The monoisotopic (exact) mass is 328 g/mol. The van der Waals surface area contributed by atoms with Crippen molar-refractivity contribution in [2.45, 2.75) is 13.0 Å². The second-order valence-electron chi connectivity index (χ2n) is 6.43. The van der Waals surface area contributed by atoms with Gasteiger partial charge in [0, 0.05) is 51.7 Å². The minimum absolute atomic E-state index is 0.0454. The van der Waals surface area contributed by atoms with Crippen LogP contribution >= 0.6 is 0 Å². The van der Waals surface area contributed by atoms with Crippen molar-refractivity contribution >= 4 is 11.8 Å². The SMILES string of the molecule is CN(Cc1cccnc1)C[C@H]1CCN(C(=O)Nc2ccnn2C)C1. The molecule has 0 spiro atoms. The molecular formula is C17H24N6O. The van der Waals surface area contributed by atoms with Gasteiger partial charge in [0.15, 0.2) is 0 Å². The molecule has 2 aromatic heterocycles. The number of nitrogens with zero attached hydrogens (tertiary/aromatic N) is 5. The van der Waals surface area contributed by atoms with Crippen molar-refractivity contribution in [3.05, 3.63) is 42.4 Å². The summed E-state index contributed by atoms with van der Waals surface area (Å²) in [5.74, 6) is 1.22. The molecule has 1 saturated heterocycles. The summed E-state index contributed by atoms with van der Waals surface area (Å²) in [6, 6.07) is 5.80. The second kappa shape index (κ2) is 7.44. The molecule has 0 bridgehead atoms. The molecule has 2 aromatic rings. The Labute approximate surface area is 142 Å². The average Bonchev–Trinajstić information content (AvgIpc) is 3.18.